The highest BCUT2D eigenvalue weighted by atomic mass is 32.2. The molecule has 104 heavy (non-hydrogen) atoms. The zero-order chi connectivity index (χ0) is 79.2. The standard InChI is InChI=1S/C10H18N2O3.C9H15F2NO2.C9H18N2O4S.C8H14N2O3.C8H13NO4.C8H15NO3.C7H13NO3.C7H13NO2/c1-8(2)15-10(14)12-6-4-11(5-7-12)9(3)13;1-7(2)14-8(13)12-5-3-9(10,11)4-6-12;1-8(2)15-9(12)10-4-6-11(7-5-10)16(3,13)14;1-6(2)13-8(12)10-4-3-9-7(11)5-10;1-6(2)13-8(11)9-3-7(4-9)12-5-10;1-7(2)12-8(10)9-3-5-11-6-4-9;1-5(2)11-7(10)8-3-6(9)4-8;1-6(2)10-7(9)8-4-3-5-8/h8H,4-7H2,1-3H3;7H,3-6H2,1-2H3;8H,4-7H2,1-3H3;6H,3-5H2,1-2H3,(H,9,11);5-7H,3-4H2,1-2H3;7H,3-6H2,1-2H3;5-6,9H,3-4H2,1-2H3;6H,3-5H2,1-2H3. The lowest BCUT2D eigenvalue weighted by atomic mass is 10.1. The fourth-order valence-electron chi connectivity index (χ4n) is 9.03. The van der Waals surface area contributed by atoms with Crippen molar-refractivity contribution in [2.75, 3.05) is 157 Å². The Labute approximate surface area is 611 Å². The number of ether oxygens (including phenoxy) is 10. The summed E-state index contributed by atoms with van der Waals surface area (Å²) in [4.78, 5) is 136. The minimum atomic E-state index is -3.14. The van der Waals surface area contributed by atoms with Crippen LogP contribution in [0.2, 0.25) is 0 Å². The molecule has 2 N–H and O–H groups in total. The molecule has 0 saturated carbocycles. The van der Waals surface area contributed by atoms with Crippen molar-refractivity contribution in [2.45, 2.75) is 204 Å². The number of nitrogens with zero attached hydrogens (tertiary/aromatic N) is 10. The molecule has 0 aromatic heterocycles. The molecule has 8 aliphatic heterocycles. The lowest BCUT2D eigenvalue weighted by Crippen LogP contribution is -2.55. The number of aliphatic hydroxyl groups is 1. The number of piperazine rings is 3. The van der Waals surface area contributed by atoms with Crippen LogP contribution >= 0.6 is 0 Å². The molecule has 8 saturated heterocycles. The second kappa shape index (κ2) is 48.4. The molecule has 0 radical (unpaired) electrons. The smallest absolute Gasteiger partial charge is 0.410 e. The fourth-order valence-corrected chi connectivity index (χ4v) is 9.85. The van der Waals surface area contributed by atoms with E-state index in [9.17, 15) is 69.9 Å². The lowest BCUT2D eigenvalue weighted by Gasteiger charge is -2.36. The van der Waals surface area contributed by atoms with Crippen molar-refractivity contribution >= 4 is 77.1 Å². The molecule has 0 spiro atoms. The molecule has 8 rings (SSSR count). The van der Waals surface area contributed by atoms with E-state index in [0.717, 1.165) is 19.5 Å². The zero-order valence-corrected chi connectivity index (χ0v) is 65.0. The monoisotopic (exact) mass is 1520 g/mol. The van der Waals surface area contributed by atoms with Crippen molar-refractivity contribution in [1.82, 2.24) is 53.7 Å². The highest BCUT2D eigenvalue weighted by Gasteiger charge is 2.37. The number of halogens is 2. The molecular weight excluding hydrogens is 1400 g/mol. The molecule has 38 heteroatoms. The van der Waals surface area contributed by atoms with Crippen LogP contribution in [-0.4, -0.2) is 353 Å². The maximum Gasteiger partial charge on any atom is 0.410 e. The van der Waals surface area contributed by atoms with Crippen LogP contribution in [0.15, 0.2) is 0 Å². The van der Waals surface area contributed by atoms with Gasteiger partial charge in [0.05, 0.1) is 101 Å². The second-order valence-corrected chi connectivity index (χ2v) is 29.0. The van der Waals surface area contributed by atoms with Gasteiger partial charge in [0.2, 0.25) is 21.8 Å². The molecule has 0 aliphatic carbocycles. The molecule has 35 nitrogen and oxygen atoms in total. The first kappa shape index (κ1) is 94.3. The van der Waals surface area contributed by atoms with Gasteiger partial charge in [-0.3, -0.25) is 19.3 Å². The van der Waals surface area contributed by atoms with E-state index in [0.29, 0.717) is 124 Å². The largest absolute Gasteiger partial charge is 0.461 e. The third-order valence-electron chi connectivity index (χ3n) is 14.5. The van der Waals surface area contributed by atoms with Gasteiger partial charge in [0, 0.05) is 124 Å². The van der Waals surface area contributed by atoms with Crippen LogP contribution in [-0.2, 0) is 71.8 Å². The molecule has 0 aromatic rings. The van der Waals surface area contributed by atoms with E-state index in [2.05, 4.69) is 10.1 Å². The van der Waals surface area contributed by atoms with Crippen molar-refractivity contribution in [3.05, 3.63) is 0 Å². The molecule has 8 aliphatic rings. The SMILES string of the molecule is CC(=O)N1CCN(C(=O)OC(C)C)CC1.CC(C)OC(=O)N1CC(O)C1.CC(C)OC(=O)N1CC(OC=O)C1.CC(C)OC(=O)N1CCC(F)(F)CC1.CC(C)OC(=O)N1CCC1.CC(C)OC(=O)N1CCN(S(C)(=O)=O)CC1.CC(C)OC(=O)N1CCNC(=O)C1.CC(C)OC(=O)N1CCOCC1. The van der Waals surface area contributed by atoms with Gasteiger partial charge in [-0.05, 0) is 117 Å². The van der Waals surface area contributed by atoms with E-state index in [1.54, 1.807) is 95.8 Å². The van der Waals surface area contributed by atoms with E-state index in [1.807, 2.05) is 41.5 Å². The molecular formula is C66H119F2N11O24S. The molecule has 0 aromatic carbocycles. The second-order valence-electron chi connectivity index (χ2n) is 27.0. The zero-order valence-electron chi connectivity index (χ0n) is 64.2. The van der Waals surface area contributed by atoms with Gasteiger partial charge >= 0.3 is 48.7 Å². The number of carbonyl (C=O) groups excluding carboxylic acids is 11. The van der Waals surface area contributed by atoms with Crippen molar-refractivity contribution < 1.29 is 122 Å². The van der Waals surface area contributed by atoms with Gasteiger partial charge in [0.15, 0.2) is 0 Å². The average molecular weight is 1520 g/mol. The molecule has 602 valence electrons. The van der Waals surface area contributed by atoms with Crippen molar-refractivity contribution in [3.63, 3.8) is 0 Å². The summed E-state index contributed by atoms with van der Waals surface area (Å²) in [7, 11) is -3.14. The first-order valence-corrected chi connectivity index (χ1v) is 37.1. The summed E-state index contributed by atoms with van der Waals surface area (Å²) in [6, 6.07) is 0. The number of rotatable bonds is 11. The molecule has 8 fully saturated rings. The number of amides is 10. The van der Waals surface area contributed by atoms with E-state index < -0.39 is 28.1 Å². The maximum absolute atomic E-state index is 12.7. The van der Waals surface area contributed by atoms with Crippen molar-refractivity contribution in [1.29, 1.82) is 0 Å². The predicted octanol–water partition coefficient (Wildman–Crippen LogP) is 5.73. The molecule has 8 heterocycles. The quantitative estimate of drug-likeness (QED) is 0.184. The summed E-state index contributed by atoms with van der Waals surface area (Å²) < 4.78 is 98.7. The van der Waals surface area contributed by atoms with E-state index in [1.165, 1.54) is 35.1 Å². The Kier molecular flexibility index (Phi) is 43.9. The first-order valence-electron chi connectivity index (χ1n) is 35.3. The Hall–Kier alpha value is -7.74. The normalized spacial score (nSPS) is 18.0. The predicted molar refractivity (Wildman–Crippen MR) is 374 cm³/mol. The Morgan fingerprint density at radius 3 is 1.05 bits per heavy atom. The summed E-state index contributed by atoms with van der Waals surface area (Å²) in [5.74, 6) is -2.69. The maximum atomic E-state index is 12.7. The number of sulfonamides is 1. The summed E-state index contributed by atoms with van der Waals surface area (Å²) >= 11 is 0. The highest BCUT2D eigenvalue weighted by Crippen LogP contribution is 2.28. The lowest BCUT2D eigenvalue weighted by molar-refractivity contribution is -0.140. The number of β-amino-alcohol motifs (C(OH)–C–C–N with tert-alkyl or cyclic N) is 1. The van der Waals surface area contributed by atoms with Gasteiger partial charge < -0.3 is 97.0 Å². The van der Waals surface area contributed by atoms with Crippen LogP contribution in [0.4, 0.5) is 47.1 Å². The molecule has 0 atom stereocenters. The van der Waals surface area contributed by atoms with Gasteiger partial charge in [0.1, 0.15) is 12.6 Å². The summed E-state index contributed by atoms with van der Waals surface area (Å²) in [5.41, 5.74) is 0. The summed E-state index contributed by atoms with van der Waals surface area (Å²) in [5, 5.41) is 11.5. The first-order chi connectivity index (χ1) is 48.4. The Bertz CT molecular complexity index is 2730. The minimum absolute atomic E-state index is 0.00750. The van der Waals surface area contributed by atoms with Gasteiger partial charge in [0.25, 0.3) is 12.4 Å². The van der Waals surface area contributed by atoms with Crippen LogP contribution in [0.3, 0.4) is 0 Å². The number of aliphatic hydroxyl groups excluding tert-OH is 1. The third kappa shape index (κ3) is 41.1. The number of alkyl halides is 2. The summed E-state index contributed by atoms with van der Waals surface area (Å²) in [6.07, 6.45) is -2.19. The number of hydrogen-bond acceptors (Lipinski definition) is 24. The fraction of sp³-hybridized carbons (Fsp3) is 0.833. The topological polar surface area (TPSA) is 379 Å². The Balaban J connectivity index is 0.000000596. The van der Waals surface area contributed by atoms with Crippen molar-refractivity contribution in [2.24, 2.45) is 0 Å². The number of piperidine rings is 1. The third-order valence-corrected chi connectivity index (χ3v) is 15.9. The van der Waals surface area contributed by atoms with Crippen LogP contribution in [0.25, 0.3) is 0 Å². The number of hydrogen-bond donors (Lipinski definition) is 2. The van der Waals surface area contributed by atoms with Crippen LogP contribution in [0.1, 0.15) is 137 Å². The van der Waals surface area contributed by atoms with Gasteiger partial charge in [-0.2, -0.15) is 4.31 Å². The Morgan fingerprint density at radius 2 is 0.750 bits per heavy atom. The minimum Gasteiger partial charge on any atom is -0.461 e. The Morgan fingerprint density at radius 1 is 0.452 bits per heavy atom. The average Bonchev–Trinajstić information content (AvgIpc) is 0.867. The molecule has 0 bridgehead atoms. The van der Waals surface area contributed by atoms with E-state index >= 15 is 0 Å². The van der Waals surface area contributed by atoms with Gasteiger partial charge in [-0.25, -0.2) is 55.6 Å². The van der Waals surface area contributed by atoms with Crippen LogP contribution in [0.5, 0.6) is 0 Å². The van der Waals surface area contributed by atoms with Crippen molar-refractivity contribution in [3.8, 4) is 0 Å². The highest BCUT2D eigenvalue weighted by molar-refractivity contribution is 7.88. The molecule has 10 amide bonds. The number of morpholine rings is 1. The number of nitrogens with one attached hydrogen (secondary N) is 1. The molecule has 0 unspecified atom stereocenters. The summed E-state index contributed by atoms with van der Waals surface area (Å²) in [6.45, 7) is 41.8. The van der Waals surface area contributed by atoms with Crippen LogP contribution < -0.4 is 5.32 Å². The van der Waals surface area contributed by atoms with Gasteiger partial charge in [-0.1, -0.05) is 0 Å². The van der Waals surface area contributed by atoms with E-state index in [4.69, 9.17) is 47.7 Å². The number of carbonyl (C=O) groups is 11. The number of likely N-dealkylation sites (tertiary alicyclic amines) is 4. The van der Waals surface area contributed by atoms with E-state index in [-0.39, 0.29) is 142 Å². The van der Waals surface area contributed by atoms with Crippen LogP contribution in [0, 0.1) is 0 Å². The van der Waals surface area contributed by atoms with Gasteiger partial charge in [-0.15, -0.1) is 0 Å².